The highest BCUT2D eigenvalue weighted by atomic mass is 32.1. The highest BCUT2D eigenvalue weighted by Gasteiger charge is 2.37. The Morgan fingerprint density at radius 2 is 1.47 bits per heavy atom. The molecule has 36 heavy (non-hydrogen) atoms. The van der Waals surface area contributed by atoms with E-state index in [1.807, 2.05) is 54.6 Å². The minimum absolute atomic E-state index is 0.211. The van der Waals surface area contributed by atoms with Gasteiger partial charge in [0.1, 0.15) is 17.3 Å². The molecule has 2 N–H and O–H groups in total. The number of rotatable bonds is 11. The molecule has 1 atom stereocenters. The molecule has 4 rings (SSSR count). The number of aromatic nitrogens is 1. The zero-order valence-corrected chi connectivity index (χ0v) is 20.8. The molecule has 1 heterocycles. The van der Waals surface area contributed by atoms with Crippen LogP contribution in [0.3, 0.4) is 0 Å². The Morgan fingerprint density at radius 3 is 1.92 bits per heavy atom. The van der Waals surface area contributed by atoms with E-state index >= 15 is 0 Å². The molecule has 3 aromatic carbocycles. The van der Waals surface area contributed by atoms with Crippen LogP contribution < -0.4 is 5.32 Å². The number of carboxylic acid groups (broad SMARTS) is 1. The number of methoxy groups -OCH3 is 1. The zero-order valence-electron chi connectivity index (χ0n) is 20.0. The summed E-state index contributed by atoms with van der Waals surface area (Å²) in [5.74, 6) is -1.23. The minimum atomic E-state index is -1.23. The summed E-state index contributed by atoms with van der Waals surface area (Å²) in [7, 11) is 1.54. The van der Waals surface area contributed by atoms with Crippen LogP contribution in [0.25, 0.3) is 0 Å². The van der Waals surface area contributed by atoms with Crippen molar-refractivity contribution in [2.45, 2.75) is 18.6 Å². The molecule has 0 radical (unpaired) electrons. The maximum atomic E-state index is 11.9. The molecule has 0 aliphatic carbocycles. The summed E-state index contributed by atoms with van der Waals surface area (Å²) >= 11 is 1.30. The van der Waals surface area contributed by atoms with Crippen molar-refractivity contribution in [1.82, 2.24) is 4.98 Å². The highest BCUT2D eigenvalue weighted by Crippen LogP contribution is 2.40. The molecule has 0 saturated heterocycles. The van der Waals surface area contributed by atoms with E-state index in [2.05, 4.69) is 51.9 Å². The summed E-state index contributed by atoms with van der Waals surface area (Å²) in [6.07, 6.45) is -0.400. The van der Waals surface area contributed by atoms with Crippen molar-refractivity contribution in [3.05, 3.63) is 119 Å². The van der Waals surface area contributed by atoms with E-state index < -0.39 is 17.6 Å². The lowest BCUT2D eigenvalue weighted by atomic mass is 9.77. The number of hydrogen-bond acceptors (Lipinski definition) is 7. The van der Waals surface area contributed by atoms with Gasteiger partial charge in [0.15, 0.2) is 5.13 Å². The third kappa shape index (κ3) is 5.45. The first kappa shape index (κ1) is 25.1. The number of benzene rings is 3. The quantitative estimate of drug-likeness (QED) is 0.163. The van der Waals surface area contributed by atoms with Crippen LogP contribution in [0.2, 0.25) is 0 Å². The highest BCUT2D eigenvalue weighted by molar-refractivity contribution is 7.14. The molecule has 0 saturated carbocycles. The Labute approximate surface area is 214 Å². The topological polar surface area (TPSA) is 93.0 Å². The average Bonchev–Trinajstić information content (AvgIpc) is 3.37. The van der Waals surface area contributed by atoms with Crippen LogP contribution in [-0.4, -0.2) is 41.6 Å². The molecule has 7 nitrogen and oxygen atoms in total. The van der Waals surface area contributed by atoms with Crippen LogP contribution in [0.1, 0.15) is 29.3 Å². The number of ether oxygens (including phenoxy) is 1. The van der Waals surface area contributed by atoms with Crippen LogP contribution in [0.5, 0.6) is 0 Å². The predicted molar refractivity (Wildman–Crippen MR) is 142 cm³/mol. The summed E-state index contributed by atoms with van der Waals surface area (Å²) in [4.78, 5) is 21.8. The molecule has 0 bridgehead atoms. The van der Waals surface area contributed by atoms with Crippen molar-refractivity contribution in [3.8, 4) is 0 Å². The van der Waals surface area contributed by atoms with E-state index in [4.69, 9.17) is 9.57 Å². The molecule has 1 unspecified atom stereocenters. The summed E-state index contributed by atoms with van der Waals surface area (Å²) < 4.78 is 5.02. The van der Waals surface area contributed by atoms with Crippen LogP contribution in [0.4, 0.5) is 5.13 Å². The maximum absolute atomic E-state index is 11.9. The van der Waals surface area contributed by atoms with Crippen molar-refractivity contribution >= 4 is 28.1 Å². The SMILES string of the molecule is COCC(C)ON=C(C(=O)O)c1csc(NC(c2ccccc2)(c2ccccc2)c2ccccc2)n1. The fourth-order valence-corrected chi connectivity index (χ4v) is 4.74. The zero-order chi connectivity index (χ0) is 25.4. The molecule has 0 fully saturated rings. The van der Waals surface area contributed by atoms with Gasteiger partial charge in [-0.25, -0.2) is 9.78 Å². The Kier molecular flexibility index (Phi) is 8.10. The van der Waals surface area contributed by atoms with Crippen LogP contribution in [0, 0.1) is 0 Å². The van der Waals surface area contributed by atoms with Gasteiger partial charge in [-0.3, -0.25) is 0 Å². The molecule has 8 heteroatoms. The van der Waals surface area contributed by atoms with E-state index in [1.54, 1.807) is 19.4 Å². The lowest BCUT2D eigenvalue weighted by Gasteiger charge is -2.36. The Hall–Kier alpha value is -4.01. The smallest absolute Gasteiger partial charge is 0.360 e. The van der Waals surface area contributed by atoms with E-state index in [1.165, 1.54) is 11.3 Å². The first-order chi connectivity index (χ1) is 17.5. The van der Waals surface area contributed by atoms with Crippen molar-refractivity contribution in [2.75, 3.05) is 19.0 Å². The minimum Gasteiger partial charge on any atom is -0.476 e. The lowest BCUT2D eigenvalue weighted by molar-refractivity contribution is -0.129. The number of hydrogen-bond donors (Lipinski definition) is 2. The normalized spacial score (nSPS) is 12.7. The van der Waals surface area contributed by atoms with Gasteiger partial charge in [-0.2, -0.15) is 0 Å². The van der Waals surface area contributed by atoms with Gasteiger partial charge >= 0.3 is 5.97 Å². The van der Waals surface area contributed by atoms with Gasteiger partial charge in [0, 0.05) is 12.5 Å². The Balaban J connectivity index is 1.79. The molecule has 0 aliphatic heterocycles. The van der Waals surface area contributed by atoms with Crippen LogP contribution >= 0.6 is 11.3 Å². The van der Waals surface area contributed by atoms with Gasteiger partial charge in [-0.15, -0.1) is 11.3 Å². The second kappa shape index (κ2) is 11.6. The van der Waals surface area contributed by atoms with Gasteiger partial charge in [0.25, 0.3) is 0 Å². The van der Waals surface area contributed by atoms with E-state index in [-0.39, 0.29) is 18.0 Å². The number of carbonyl (C=O) groups is 1. The number of nitrogens with zero attached hydrogens (tertiary/aromatic N) is 2. The largest absolute Gasteiger partial charge is 0.476 e. The number of aliphatic carboxylic acids is 1. The lowest BCUT2D eigenvalue weighted by Crippen LogP contribution is -2.38. The van der Waals surface area contributed by atoms with Gasteiger partial charge < -0.3 is 20.0 Å². The molecular formula is C28H27N3O4S. The maximum Gasteiger partial charge on any atom is 0.360 e. The summed E-state index contributed by atoms with van der Waals surface area (Å²) in [6, 6.07) is 30.3. The van der Waals surface area contributed by atoms with E-state index in [0.29, 0.717) is 5.13 Å². The van der Waals surface area contributed by atoms with Crippen molar-refractivity contribution < 1.29 is 19.5 Å². The fourth-order valence-electron chi connectivity index (χ4n) is 3.98. The second-order valence-electron chi connectivity index (χ2n) is 8.13. The monoisotopic (exact) mass is 501 g/mol. The number of thiazole rings is 1. The molecular weight excluding hydrogens is 474 g/mol. The Morgan fingerprint density at radius 1 is 0.972 bits per heavy atom. The first-order valence-corrected chi connectivity index (χ1v) is 12.3. The van der Waals surface area contributed by atoms with Gasteiger partial charge in [0.2, 0.25) is 5.71 Å². The van der Waals surface area contributed by atoms with E-state index in [9.17, 15) is 9.90 Å². The third-order valence-corrected chi connectivity index (χ3v) is 6.35. The molecule has 0 spiro atoms. The first-order valence-electron chi connectivity index (χ1n) is 11.4. The Bertz CT molecular complexity index is 1200. The summed E-state index contributed by atoms with van der Waals surface area (Å²) in [5.41, 5.74) is 2.21. The van der Waals surface area contributed by atoms with Gasteiger partial charge in [-0.1, -0.05) is 96.2 Å². The number of oxime groups is 1. The summed E-state index contributed by atoms with van der Waals surface area (Å²) in [6.45, 7) is 2.03. The van der Waals surface area contributed by atoms with Crippen LogP contribution in [0.15, 0.2) is 102 Å². The molecule has 0 aliphatic rings. The fraction of sp³-hybridized carbons (Fsp3) is 0.179. The van der Waals surface area contributed by atoms with Crippen molar-refractivity contribution in [3.63, 3.8) is 0 Å². The second-order valence-corrected chi connectivity index (χ2v) is 8.99. The van der Waals surface area contributed by atoms with Crippen molar-refractivity contribution in [1.29, 1.82) is 0 Å². The predicted octanol–water partition coefficient (Wildman–Crippen LogP) is 5.39. The van der Waals surface area contributed by atoms with Gasteiger partial charge in [0.05, 0.1) is 6.61 Å². The van der Waals surface area contributed by atoms with E-state index in [0.717, 1.165) is 16.7 Å². The van der Waals surface area contributed by atoms with Crippen LogP contribution in [-0.2, 0) is 19.9 Å². The van der Waals surface area contributed by atoms with Crippen molar-refractivity contribution in [2.24, 2.45) is 5.16 Å². The summed E-state index contributed by atoms with van der Waals surface area (Å²) in [5, 5.41) is 19.4. The number of nitrogens with one attached hydrogen (secondary N) is 1. The number of anilines is 1. The molecule has 1 aromatic heterocycles. The third-order valence-electron chi connectivity index (χ3n) is 5.59. The number of carboxylic acids is 1. The average molecular weight is 502 g/mol. The standard InChI is InChI=1S/C28H27N3O4S/c1-20(18-34-2)35-31-25(26(32)33)24-19-36-27(29-24)30-28(21-12-6-3-7-13-21,22-14-8-4-9-15-22)23-16-10-5-11-17-23/h3-17,19-20H,18H2,1-2H3,(H,29,30)(H,32,33). The molecule has 4 aromatic rings. The van der Waals surface area contributed by atoms with Gasteiger partial charge in [-0.05, 0) is 23.6 Å². The molecule has 184 valence electrons. The molecule has 0 amide bonds.